The molecule has 1 N–H and O–H groups in total. The SMILES string of the molecule is Cc1ccc(OC2CCCCC2)c([C@H](C)O)c1. The maximum atomic E-state index is 9.78. The summed E-state index contributed by atoms with van der Waals surface area (Å²) in [5.41, 5.74) is 2.08. The van der Waals surface area contributed by atoms with Crippen LogP contribution in [0.4, 0.5) is 0 Å². The van der Waals surface area contributed by atoms with E-state index in [-0.39, 0.29) is 0 Å². The lowest BCUT2D eigenvalue weighted by Crippen LogP contribution is -2.20. The minimum Gasteiger partial charge on any atom is -0.490 e. The summed E-state index contributed by atoms with van der Waals surface area (Å²) >= 11 is 0. The van der Waals surface area contributed by atoms with Crippen LogP contribution in [0.25, 0.3) is 0 Å². The topological polar surface area (TPSA) is 29.5 Å². The van der Waals surface area contributed by atoms with Gasteiger partial charge in [-0.3, -0.25) is 0 Å². The van der Waals surface area contributed by atoms with Crippen LogP contribution in [-0.4, -0.2) is 11.2 Å². The molecule has 0 unspecified atom stereocenters. The number of rotatable bonds is 3. The predicted octanol–water partition coefficient (Wildman–Crippen LogP) is 3.76. The van der Waals surface area contributed by atoms with E-state index >= 15 is 0 Å². The van der Waals surface area contributed by atoms with Crippen molar-refractivity contribution < 1.29 is 9.84 Å². The van der Waals surface area contributed by atoms with Crippen molar-refractivity contribution in [1.29, 1.82) is 0 Å². The molecule has 0 aromatic heterocycles. The Hall–Kier alpha value is -1.02. The first kappa shape index (κ1) is 12.4. The van der Waals surface area contributed by atoms with Gasteiger partial charge < -0.3 is 9.84 Å². The summed E-state index contributed by atoms with van der Waals surface area (Å²) in [5, 5.41) is 9.78. The quantitative estimate of drug-likeness (QED) is 0.863. The highest BCUT2D eigenvalue weighted by Gasteiger charge is 2.17. The smallest absolute Gasteiger partial charge is 0.125 e. The summed E-state index contributed by atoms with van der Waals surface area (Å²) < 4.78 is 6.04. The van der Waals surface area contributed by atoms with Gasteiger partial charge >= 0.3 is 0 Å². The van der Waals surface area contributed by atoms with Gasteiger partial charge in [-0.05, 0) is 51.7 Å². The van der Waals surface area contributed by atoms with Crippen LogP contribution >= 0.6 is 0 Å². The molecule has 2 rings (SSSR count). The van der Waals surface area contributed by atoms with E-state index in [0.717, 1.165) is 29.7 Å². The lowest BCUT2D eigenvalue weighted by atomic mass is 9.97. The second kappa shape index (κ2) is 5.54. The highest BCUT2D eigenvalue weighted by atomic mass is 16.5. The number of ether oxygens (including phenoxy) is 1. The Morgan fingerprint density at radius 1 is 1.24 bits per heavy atom. The van der Waals surface area contributed by atoms with E-state index in [9.17, 15) is 5.11 Å². The van der Waals surface area contributed by atoms with E-state index < -0.39 is 6.10 Å². The molecule has 0 saturated heterocycles. The minimum atomic E-state index is -0.464. The standard InChI is InChI=1S/C15H22O2/c1-11-8-9-15(14(10-11)12(2)16)17-13-6-4-3-5-7-13/h8-10,12-13,16H,3-7H2,1-2H3/t12-/m0/s1. The second-order valence-corrected chi connectivity index (χ2v) is 5.10. The van der Waals surface area contributed by atoms with Crippen LogP contribution in [0.1, 0.15) is 56.3 Å². The van der Waals surface area contributed by atoms with Gasteiger partial charge in [0.2, 0.25) is 0 Å². The van der Waals surface area contributed by atoms with Gasteiger partial charge in [0.1, 0.15) is 5.75 Å². The minimum absolute atomic E-state index is 0.337. The van der Waals surface area contributed by atoms with E-state index in [2.05, 4.69) is 0 Å². The average Bonchev–Trinajstić information content (AvgIpc) is 2.32. The number of hydrogen-bond acceptors (Lipinski definition) is 2. The average molecular weight is 234 g/mol. The first-order valence-electron chi connectivity index (χ1n) is 6.62. The number of benzene rings is 1. The molecule has 0 radical (unpaired) electrons. The number of aryl methyl sites for hydroxylation is 1. The second-order valence-electron chi connectivity index (χ2n) is 5.10. The molecule has 2 heteroatoms. The van der Waals surface area contributed by atoms with Crippen LogP contribution in [0.2, 0.25) is 0 Å². The molecule has 0 heterocycles. The zero-order valence-electron chi connectivity index (χ0n) is 10.8. The molecule has 0 bridgehead atoms. The van der Waals surface area contributed by atoms with Crippen molar-refractivity contribution >= 4 is 0 Å². The molecule has 94 valence electrons. The van der Waals surface area contributed by atoms with Crippen molar-refractivity contribution in [2.45, 2.75) is 58.2 Å². The van der Waals surface area contributed by atoms with Crippen molar-refractivity contribution in [2.24, 2.45) is 0 Å². The largest absolute Gasteiger partial charge is 0.490 e. The third kappa shape index (κ3) is 3.22. The van der Waals surface area contributed by atoms with Crippen LogP contribution in [0.3, 0.4) is 0 Å². The summed E-state index contributed by atoms with van der Waals surface area (Å²) in [4.78, 5) is 0. The Kier molecular flexibility index (Phi) is 4.06. The monoisotopic (exact) mass is 234 g/mol. The Balaban J connectivity index is 2.13. The third-order valence-corrected chi connectivity index (χ3v) is 3.46. The molecule has 1 aromatic carbocycles. The maximum absolute atomic E-state index is 9.78. The van der Waals surface area contributed by atoms with Crippen molar-refractivity contribution in [3.63, 3.8) is 0 Å². The zero-order valence-corrected chi connectivity index (χ0v) is 10.8. The normalized spacial score (nSPS) is 19.0. The third-order valence-electron chi connectivity index (χ3n) is 3.46. The zero-order chi connectivity index (χ0) is 12.3. The molecule has 2 nitrogen and oxygen atoms in total. The molecule has 0 spiro atoms. The van der Waals surface area contributed by atoms with Gasteiger partial charge in [-0.1, -0.05) is 18.1 Å². The molecule has 1 aliphatic rings. The Bertz CT molecular complexity index is 365. The fourth-order valence-electron chi connectivity index (χ4n) is 2.46. The number of hydrogen-bond donors (Lipinski definition) is 1. The Labute approximate surface area is 104 Å². The van der Waals surface area contributed by atoms with E-state index in [0.29, 0.717) is 6.10 Å². The molecule has 17 heavy (non-hydrogen) atoms. The molecule has 1 aromatic rings. The van der Waals surface area contributed by atoms with Crippen molar-refractivity contribution in [3.05, 3.63) is 29.3 Å². The molecule has 0 aliphatic heterocycles. The Morgan fingerprint density at radius 3 is 2.59 bits per heavy atom. The van der Waals surface area contributed by atoms with E-state index in [4.69, 9.17) is 4.74 Å². The van der Waals surface area contributed by atoms with Crippen LogP contribution in [-0.2, 0) is 0 Å². The molecule has 1 aliphatic carbocycles. The van der Waals surface area contributed by atoms with Crippen molar-refractivity contribution in [1.82, 2.24) is 0 Å². The van der Waals surface area contributed by atoms with Gasteiger partial charge in [-0.2, -0.15) is 0 Å². The summed E-state index contributed by atoms with van der Waals surface area (Å²) in [5.74, 6) is 0.859. The van der Waals surface area contributed by atoms with Gasteiger partial charge in [0.15, 0.2) is 0 Å². The van der Waals surface area contributed by atoms with Crippen molar-refractivity contribution in [2.75, 3.05) is 0 Å². The summed E-state index contributed by atoms with van der Waals surface area (Å²) in [6, 6.07) is 6.05. The highest BCUT2D eigenvalue weighted by molar-refractivity contribution is 5.38. The van der Waals surface area contributed by atoms with Crippen molar-refractivity contribution in [3.8, 4) is 5.75 Å². The van der Waals surface area contributed by atoms with Gasteiger partial charge in [0, 0.05) is 5.56 Å². The van der Waals surface area contributed by atoms with Gasteiger partial charge in [0.05, 0.1) is 12.2 Å². The first-order chi connectivity index (χ1) is 8.16. The van der Waals surface area contributed by atoms with Crippen LogP contribution in [0.15, 0.2) is 18.2 Å². The van der Waals surface area contributed by atoms with E-state index in [1.807, 2.05) is 25.1 Å². The molecule has 1 fully saturated rings. The number of aliphatic hydroxyl groups is 1. The van der Waals surface area contributed by atoms with Crippen LogP contribution in [0.5, 0.6) is 5.75 Å². The van der Waals surface area contributed by atoms with E-state index in [1.54, 1.807) is 6.92 Å². The molecule has 1 atom stereocenters. The lowest BCUT2D eigenvalue weighted by Gasteiger charge is -2.25. The lowest BCUT2D eigenvalue weighted by molar-refractivity contribution is 0.142. The van der Waals surface area contributed by atoms with E-state index in [1.165, 1.54) is 19.3 Å². The molecular formula is C15H22O2. The highest BCUT2D eigenvalue weighted by Crippen LogP contribution is 2.30. The molecular weight excluding hydrogens is 212 g/mol. The maximum Gasteiger partial charge on any atom is 0.125 e. The molecule has 1 saturated carbocycles. The van der Waals surface area contributed by atoms with Crippen LogP contribution < -0.4 is 4.74 Å². The van der Waals surface area contributed by atoms with Crippen LogP contribution in [0, 0.1) is 6.92 Å². The van der Waals surface area contributed by atoms with Gasteiger partial charge in [-0.25, -0.2) is 0 Å². The number of aliphatic hydroxyl groups excluding tert-OH is 1. The summed E-state index contributed by atoms with van der Waals surface area (Å²) in [7, 11) is 0. The summed E-state index contributed by atoms with van der Waals surface area (Å²) in [6.45, 7) is 3.83. The van der Waals surface area contributed by atoms with Gasteiger partial charge in [-0.15, -0.1) is 0 Å². The predicted molar refractivity (Wildman–Crippen MR) is 69.3 cm³/mol. The Morgan fingerprint density at radius 2 is 1.94 bits per heavy atom. The van der Waals surface area contributed by atoms with Gasteiger partial charge in [0.25, 0.3) is 0 Å². The molecule has 0 amide bonds. The first-order valence-corrected chi connectivity index (χ1v) is 6.62. The fourth-order valence-corrected chi connectivity index (χ4v) is 2.46. The fraction of sp³-hybridized carbons (Fsp3) is 0.600. The summed E-state index contributed by atoms with van der Waals surface area (Å²) in [6.07, 6.45) is 6.02.